The molecule has 8 heteroatoms. The number of hydrogen-bond acceptors (Lipinski definition) is 4. The largest absolute Gasteiger partial charge is 0.481 e. The van der Waals surface area contributed by atoms with Crippen molar-refractivity contribution < 1.29 is 23.1 Å². The zero-order valence-corrected chi connectivity index (χ0v) is 14.3. The molecule has 0 saturated carbocycles. The van der Waals surface area contributed by atoms with E-state index in [1.54, 1.807) is 4.90 Å². The van der Waals surface area contributed by atoms with Crippen molar-refractivity contribution >= 4 is 21.9 Å². The molecule has 1 heterocycles. The molecule has 1 fully saturated rings. The second-order valence-electron chi connectivity index (χ2n) is 6.26. The molecule has 0 bridgehead atoms. The van der Waals surface area contributed by atoms with Crippen molar-refractivity contribution in [1.82, 2.24) is 9.21 Å². The van der Waals surface area contributed by atoms with Gasteiger partial charge in [-0.15, -0.1) is 0 Å². The van der Waals surface area contributed by atoms with Gasteiger partial charge in [-0.3, -0.25) is 9.59 Å². The van der Waals surface area contributed by atoms with Crippen molar-refractivity contribution in [3.8, 4) is 0 Å². The van der Waals surface area contributed by atoms with Crippen LogP contribution in [0, 0.1) is 11.8 Å². The van der Waals surface area contributed by atoms with Crippen molar-refractivity contribution in [1.29, 1.82) is 0 Å². The van der Waals surface area contributed by atoms with Crippen LogP contribution in [0.25, 0.3) is 0 Å². The number of amides is 1. The molecule has 1 rings (SSSR count). The predicted octanol–water partition coefficient (Wildman–Crippen LogP) is 0.617. The Morgan fingerprint density at radius 3 is 2.23 bits per heavy atom. The molecule has 0 atom stereocenters. The van der Waals surface area contributed by atoms with Gasteiger partial charge in [-0.1, -0.05) is 13.8 Å². The van der Waals surface area contributed by atoms with E-state index in [1.165, 1.54) is 10.6 Å². The molecule has 0 spiro atoms. The molecule has 0 unspecified atom stereocenters. The van der Waals surface area contributed by atoms with E-state index in [-0.39, 0.29) is 30.7 Å². The minimum absolute atomic E-state index is 0.0527. The van der Waals surface area contributed by atoms with Crippen molar-refractivity contribution in [2.24, 2.45) is 11.8 Å². The molecule has 7 nitrogen and oxygen atoms in total. The number of carboxylic acids is 1. The normalized spacial score (nSPS) is 17.6. The highest BCUT2D eigenvalue weighted by atomic mass is 32.2. The quantitative estimate of drug-likeness (QED) is 0.736. The van der Waals surface area contributed by atoms with E-state index < -0.39 is 16.0 Å². The smallest absolute Gasteiger partial charge is 0.305 e. The Kier molecular flexibility index (Phi) is 6.80. The Morgan fingerprint density at radius 1 is 1.27 bits per heavy atom. The average Bonchev–Trinajstić information content (AvgIpc) is 2.41. The summed E-state index contributed by atoms with van der Waals surface area (Å²) >= 11 is 0. The van der Waals surface area contributed by atoms with Gasteiger partial charge < -0.3 is 10.0 Å². The molecular weight excluding hydrogens is 308 g/mol. The Hall–Kier alpha value is -1.15. The molecule has 1 aliphatic rings. The summed E-state index contributed by atoms with van der Waals surface area (Å²) in [5.41, 5.74) is 0. The maximum atomic E-state index is 12.6. The van der Waals surface area contributed by atoms with Gasteiger partial charge in [-0.25, -0.2) is 12.7 Å². The number of hydrogen-bond donors (Lipinski definition) is 1. The van der Waals surface area contributed by atoms with Gasteiger partial charge in [0, 0.05) is 32.1 Å². The van der Waals surface area contributed by atoms with Crippen molar-refractivity contribution in [2.45, 2.75) is 33.1 Å². The SMILES string of the molecule is CC(C)CN(CCC(=O)O)C(=O)C1CCN(S(C)(=O)=O)CC1. The Bertz CT molecular complexity index is 495. The fourth-order valence-electron chi connectivity index (χ4n) is 2.66. The summed E-state index contributed by atoms with van der Waals surface area (Å²) in [6, 6.07) is 0. The van der Waals surface area contributed by atoms with Crippen LogP contribution in [0.1, 0.15) is 33.1 Å². The molecule has 0 aromatic heterocycles. The number of piperidine rings is 1. The third-order valence-electron chi connectivity index (χ3n) is 3.76. The molecule has 1 aliphatic heterocycles. The van der Waals surface area contributed by atoms with E-state index in [1.807, 2.05) is 13.8 Å². The summed E-state index contributed by atoms with van der Waals surface area (Å²) in [5, 5.41) is 8.80. The van der Waals surface area contributed by atoms with Crippen LogP contribution < -0.4 is 0 Å². The van der Waals surface area contributed by atoms with Crippen molar-refractivity contribution in [3.63, 3.8) is 0 Å². The fourth-order valence-corrected chi connectivity index (χ4v) is 3.53. The van der Waals surface area contributed by atoms with E-state index in [0.717, 1.165) is 0 Å². The summed E-state index contributed by atoms with van der Waals surface area (Å²) in [4.78, 5) is 24.9. The third-order valence-corrected chi connectivity index (χ3v) is 5.07. The number of carboxylic acid groups (broad SMARTS) is 1. The highest BCUT2D eigenvalue weighted by molar-refractivity contribution is 7.88. The molecule has 1 amide bonds. The predicted molar refractivity (Wildman–Crippen MR) is 82.8 cm³/mol. The van der Waals surface area contributed by atoms with E-state index in [0.29, 0.717) is 32.5 Å². The first kappa shape index (κ1) is 18.9. The lowest BCUT2D eigenvalue weighted by Crippen LogP contribution is -2.45. The standard InChI is InChI=1S/C14H26N2O5S/c1-11(2)10-15(7-6-13(17)18)14(19)12-4-8-16(9-5-12)22(3,20)21/h11-12H,4-10H2,1-3H3,(H,17,18). The Labute approximate surface area is 132 Å². The average molecular weight is 334 g/mol. The molecule has 1 saturated heterocycles. The maximum Gasteiger partial charge on any atom is 0.305 e. The van der Waals surface area contributed by atoms with Crippen LogP contribution >= 0.6 is 0 Å². The minimum atomic E-state index is -3.20. The van der Waals surface area contributed by atoms with Crippen molar-refractivity contribution in [3.05, 3.63) is 0 Å². The third kappa shape index (κ3) is 5.92. The minimum Gasteiger partial charge on any atom is -0.481 e. The fraction of sp³-hybridized carbons (Fsp3) is 0.857. The molecule has 0 aliphatic carbocycles. The zero-order chi connectivity index (χ0) is 16.9. The maximum absolute atomic E-state index is 12.6. The van der Waals surface area contributed by atoms with Gasteiger partial charge in [0.1, 0.15) is 0 Å². The van der Waals surface area contributed by atoms with Crippen LogP contribution in [0.15, 0.2) is 0 Å². The van der Waals surface area contributed by atoms with Crippen LogP contribution in [-0.4, -0.2) is 67.0 Å². The topological polar surface area (TPSA) is 95.0 Å². The molecule has 128 valence electrons. The second kappa shape index (κ2) is 7.92. The lowest BCUT2D eigenvalue weighted by Gasteiger charge is -2.33. The lowest BCUT2D eigenvalue weighted by atomic mass is 9.96. The van der Waals surface area contributed by atoms with Crippen LogP contribution in [0.3, 0.4) is 0 Å². The number of nitrogens with zero attached hydrogens (tertiary/aromatic N) is 2. The van der Waals surface area contributed by atoms with Crippen LogP contribution in [0.2, 0.25) is 0 Å². The zero-order valence-electron chi connectivity index (χ0n) is 13.5. The molecule has 22 heavy (non-hydrogen) atoms. The summed E-state index contributed by atoms with van der Waals surface area (Å²) in [6.45, 7) is 5.39. The molecule has 0 aromatic rings. The number of aliphatic carboxylic acids is 1. The van der Waals surface area contributed by atoms with Gasteiger partial charge in [-0.05, 0) is 18.8 Å². The Morgan fingerprint density at radius 2 is 1.82 bits per heavy atom. The van der Waals surface area contributed by atoms with Gasteiger partial charge in [0.15, 0.2) is 0 Å². The van der Waals surface area contributed by atoms with Gasteiger partial charge >= 0.3 is 5.97 Å². The number of sulfonamides is 1. The number of carbonyl (C=O) groups is 2. The van der Waals surface area contributed by atoms with Crippen molar-refractivity contribution in [2.75, 3.05) is 32.4 Å². The summed E-state index contributed by atoms with van der Waals surface area (Å²) in [6.07, 6.45) is 2.09. The second-order valence-corrected chi connectivity index (χ2v) is 8.24. The molecule has 0 aromatic carbocycles. The highest BCUT2D eigenvalue weighted by Crippen LogP contribution is 2.22. The van der Waals surface area contributed by atoms with Gasteiger partial charge in [0.25, 0.3) is 0 Å². The summed E-state index contributed by atoms with van der Waals surface area (Å²) in [7, 11) is -3.20. The van der Waals surface area contributed by atoms with E-state index >= 15 is 0 Å². The van der Waals surface area contributed by atoms with Gasteiger partial charge in [0.2, 0.25) is 15.9 Å². The Balaban J connectivity index is 2.64. The van der Waals surface area contributed by atoms with Crippen LogP contribution in [0.5, 0.6) is 0 Å². The monoisotopic (exact) mass is 334 g/mol. The molecule has 0 radical (unpaired) electrons. The first-order valence-corrected chi connectivity index (χ1v) is 9.41. The lowest BCUT2D eigenvalue weighted by molar-refractivity contribution is -0.140. The van der Waals surface area contributed by atoms with E-state index in [4.69, 9.17) is 5.11 Å². The van der Waals surface area contributed by atoms with Crippen LogP contribution in [-0.2, 0) is 19.6 Å². The molecule has 1 N–H and O–H groups in total. The molecular formula is C14H26N2O5S. The first-order chi connectivity index (χ1) is 10.1. The van der Waals surface area contributed by atoms with E-state index in [9.17, 15) is 18.0 Å². The van der Waals surface area contributed by atoms with Gasteiger partial charge in [0.05, 0.1) is 12.7 Å². The highest BCUT2D eigenvalue weighted by Gasteiger charge is 2.31. The number of rotatable bonds is 7. The number of carbonyl (C=O) groups excluding carboxylic acids is 1. The summed E-state index contributed by atoms with van der Waals surface area (Å²) in [5.74, 6) is -0.934. The van der Waals surface area contributed by atoms with Gasteiger partial charge in [-0.2, -0.15) is 0 Å². The first-order valence-electron chi connectivity index (χ1n) is 7.57. The van der Waals surface area contributed by atoms with E-state index in [2.05, 4.69) is 0 Å². The summed E-state index contributed by atoms with van der Waals surface area (Å²) < 4.78 is 24.4. The van der Waals surface area contributed by atoms with Crippen LogP contribution in [0.4, 0.5) is 0 Å².